The van der Waals surface area contributed by atoms with Crippen LogP contribution in [-0.2, 0) is 9.53 Å². The molecule has 0 aliphatic rings. The highest BCUT2D eigenvalue weighted by atomic mass is 16.5. The number of rotatable bonds is 19. The number of ether oxygens (including phenoxy) is 1. The predicted octanol–water partition coefficient (Wildman–Crippen LogP) is 6.17. The van der Waals surface area contributed by atoms with E-state index in [4.69, 9.17) is 4.74 Å². The molecule has 0 aromatic rings. The third-order valence-electron chi connectivity index (χ3n) is 4.64. The first-order chi connectivity index (χ1) is 11.8. The number of methoxy groups -OCH3 is 1. The van der Waals surface area contributed by atoms with Gasteiger partial charge in [0.05, 0.1) is 6.61 Å². The van der Waals surface area contributed by atoms with Crippen molar-refractivity contribution in [2.24, 2.45) is 0 Å². The molecule has 0 saturated carbocycles. The van der Waals surface area contributed by atoms with Crippen molar-refractivity contribution in [2.75, 3.05) is 20.3 Å². The fraction of sp³-hybridized carbons (Fsp3) is 0.952. The summed E-state index contributed by atoms with van der Waals surface area (Å²) in [6, 6.07) is 0. The number of hydrogen-bond acceptors (Lipinski definition) is 3. The van der Waals surface area contributed by atoms with Crippen LogP contribution in [0.5, 0.6) is 0 Å². The minimum absolute atomic E-state index is 0. The van der Waals surface area contributed by atoms with Gasteiger partial charge in [-0.2, -0.15) is 0 Å². The molecule has 0 aliphatic heterocycles. The Morgan fingerprint density at radius 3 is 1.52 bits per heavy atom. The van der Waals surface area contributed by atoms with Crippen LogP contribution in [0.1, 0.15) is 110 Å². The summed E-state index contributed by atoms with van der Waals surface area (Å²) in [7, 11) is 1.65. The van der Waals surface area contributed by atoms with Gasteiger partial charge in [0, 0.05) is 20.1 Å². The average molecular weight is 359 g/mol. The maximum Gasteiger partial charge on any atom is 0.220 e. The number of nitrogens with one attached hydrogen (secondary N) is 1. The Morgan fingerprint density at radius 2 is 1.12 bits per heavy atom. The van der Waals surface area contributed by atoms with Crippen molar-refractivity contribution in [3.05, 3.63) is 0 Å². The Balaban J connectivity index is 0. The molecule has 152 valence electrons. The molecule has 0 unspecified atom stereocenters. The smallest absolute Gasteiger partial charge is 0.220 e. The minimum atomic E-state index is 0. The van der Waals surface area contributed by atoms with Gasteiger partial charge in [-0.05, 0) is 6.42 Å². The van der Waals surface area contributed by atoms with E-state index in [1.807, 2.05) is 0 Å². The topological polar surface area (TPSA) is 73.3 Å². The zero-order chi connectivity index (χ0) is 17.7. The zero-order valence-corrected chi connectivity index (χ0v) is 17.3. The number of carbonyl (C=O) groups excluding carboxylic acids is 1. The Labute approximate surface area is 157 Å². The molecule has 1 amide bonds. The van der Waals surface area contributed by atoms with Crippen molar-refractivity contribution >= 4 is 5.91 Å². The summed E-state index contributed by atoms with van der Waals surface area (Å²) in [5.41, 5.74) is 0. The average Bonchev–Trinajstić information content (AvgIpc) is 2.58. The van der Waals surface area contributed by atoms with Crippen LogP contribution in [0.4, 0.5) is 0 Å². The molecule has 0 fully saturated rings. The number of carbonyl (C=O) groups is 1. The van der Waals surface area contributed by atoms with Crippen molar-refractivity contribution in [3.8, 4) is 0 Å². The lowest BCUT2D eigenvalue weighted by molar-refractivity contribution is -0.121. The first kappa shape index (κ1) is 26.6. The fourth-order valence-electron chi connectivity index (χ4n) is 3.04. The third kappa shape index (κ3) is 23.4. The van der Waals surface area contributed by atoms with Gasteiger partial charge in [0.2, 0.25) is 5.91 Å². The molecule has 0 aromatic heterocycles. The van der Waals surface area contributed by atoms with E-state index in [0.717, 1.165) is 6.42 Å². The van der Waals surface area contributed by atoms with E-state index in [9.17, 15) is 4.79 Å². The van der Waals surface area contributed by atoms with E-state index < -0.39 is 0 Å². The van der Waals surface area contributed by atoms with E-state index in [1.54, 1.807) is 7.11 Å². The van der Waals surface area contributed by atoms with Crippen molar-refractivity contribution in [1.29, 1.82) is 0 Å². The lowest BCUT2D eigenvalue weighted by Gasteiger charge is -2.05. The highest BCUT2D eigenvalue weighted by molar-refractivity contribution is 5.75. The molecule has 4 heteroatoms. The molecular weight excluding hydrogens is 312 g/mol. The number of unbranched alkanes of at least 4 members (excludes halogenated alkanes) is 14. The van der Waals surface area contributed by atoms with Gasteiger partial charge < -0.3 is 16.2 Å². The van der Waals surface area contributed by atoms with Gasteiger partial charge in [0.25, 0.3) is 0 Å². The summed E-state index contributed by atoms with van der Waals surface area (Å²) in [5, 5.41) is 2.87. The van der Waals surface area contributed by atoms with Crippen molar-refractivity contribution < 1.29 is 9.53 Å². The van der Waals surface area contributed by atoms with E-state index in [2.05, 4.69) is 12.2 Å². The second-order valence-electron chi connectivity index (χ2n) is 7.04. The van der Waals surface area contributed by atoms with Gasteiger partial charge in [0.15, 0.2) is 0 Å². The second-order valence-corrected chi connectivity index (χ2v) is 7.04. The van der Waals surface area contributed by atoms with Gasteiger partial charge in [-0.3, -0.25) is 4.79 Å². The highest BCUT2D eigenvalue weighted by Crippen LogP contribution is 2.13. The molecule has 0 spiro atoms. The molecule has 25 heavy (non-hydrogen) atoms. The molecule has 0 aromatic carbocycles. The van der Waals surface area contributed by atoms with Crippen molar-refractivity contribution in [2.45, 2.75) is 110 Å². The van der Waals surface area contributed by atoms with Crippen LogP contribution >= 0.6 is 0 Å². The summed E-state index contributed by atoms with van der Waals surface area (Å²) in [6.07, 6.45) is 21.1. The lowest BCUT2D eigenvalue weighted by atomic mass is 10.0. The van der Waals surface area contributed by atoms with E-state index in [0.29, 0.717) is 19.6 Å². The molecule has 4 N–H and O–H groups in total. The number of amides is 1. The number of hydrogen-bond donors (Lipinski definition) is 2. The van der Waals surface area contributed by atoms with Gasteiger partial charge in [-0.15, -0.1) is 0 Å². The van der Waals surface area contributed by atoms with E-state index in [1.165, 1.54) is 89.9 Å². The zero-order valence-electron chi connectivity index (χ0n) is 17.3. The van der Waals surface area contributed by atoms with Gasteiger partial charge >= 0.3 is 0 Å². The molecule has 0 atom stereocenters. The van der Waals surface area contributed by atoms with Crippen molar-refractivity contribution in [1.82, 2.24) is 11.5 Å². The van der Waals surface area contributed by atoms with Crippen LogP contribution in [0, 0.1) is 0 Å². The summed E-state index contributed by atoms with van der Waals surface area (Å²) in [5.74, 6) is 0.168. The Kier molecular flexibility index (Phi) is 24.9. The molecular formula is C21H46N2O2. The standard InChI is InChI=1S/C21H43NO2.H3N/c1-3-4-5-6-7-8-9-10-11-12-13-14-15-16-17-18-21(23)22-19-20-24-2;/h3-20H2,1-2H3,(H,22,23);1H3. The summed E-state index contributed by atoms with van der Waals surface area (Å²) in [6.45, 7) is 3.51. The van der Waals surface area contributed by atoms with Crippen LogP contribution in [0.2, 0.25) is 0 Å². The molecule has 0 aliphatic carbocycles. The predicted molar refractivity (Wildman–Crippen MR) is 109 cm³/mol. The van der Waals surface area contributed by atoms with Crippen LogP contribution in [0.15, 0.2) is 0 Å². The molecule has 4 nitrogen and oxygen atoms in total. The molecule has 0 heterocycles. The minimum Gasteiger partial charge on any atom is -0.383 e. The molecule has 0 bridgehead atoms. The molecule has 0 saturated heterocycles. The highest BCUT2D eigenvalue weighted by Gasteiger charge is 2.00. The first-order valence-corrected chi connectivity index (χ1v) is 10.6. The monoisotopic (exact) mass is 358 g/mol. The van der Waals surface area contributed by atoms with Crippen molar-refractivity contribution in [3.63, 3.8) is 0 Å². The van der Waals surface area contributed by atoms with Crippen LogP contribution in [0.25, 0.3) is 0 Å². The van der Waals surface area contributed by atoms with Crippen LogP contribution < -0.4 is 11.5 Å². The van der Waals surface area contributed by atoms with Gasteiger partial charge in [0.1, 0.15) is 0 Å². The molecule has 0 radical (unpaired) electrons. The summed E-state index contributed by atoms with van der Waals surface area (Å²) < 4.78 is 4.91. The largest absolute Gasteiger partial charge is 0.383 e. The first-order valence-electron chi connectivity index (χ1n) is 10.6. The van der Waals surface area contributed by atoms with Crippen LogP contribution in [-0.4, -0.2) is 26.2 Å². The lowest BCUT2D eigenvalue weighted by Crippen LogP contribution is -2.26. The molecule has 0 rings (SSSR count). The quantitative estimate of drug-likeness (QED) is 0.271. The Morgan fingerprint density at radius 1 is 0.720 bits per heavy atom. The Bertz CT molecular complexity index is 260. The second kappa shape index (κ2) is 23.4. The van der Waals surface area contributed by atoms with Gasteiger partial charge in [-0.25, -0.2) is 0 Å². The normalized spacial score (nSPS) is 10.5. The Hall–Kier alpha value is -0.610. The summed E-state index contributed by atoms with van der Waals surface area (Å²) >= 11 is 0. The summed E-state index contributed by atoms with van der Waals surface area (Å²) in [4.78, 5) is 11.5. The third-order valence-corrected chi connectivity index (χ3v) is 4.64. The fourth-order valence-corrected chi connectivity index (χ4v) is 3.04. The SMILES string of the molecule is CCCCCCCCCCCCCCCCCC(=O)NCCOC.N. The van der Waals surface area contributed by atoms with E-state index in [-0.39, 0.29) is 12.1 Å². The van der Waals surface area contributed by atoms with E-state index >= 15 is 0 Å². The maximum atomic E-state index is 11.5. The maximum absolute atomic E-state index is 11.5. The van der Waals surface area contributed by atoms with Crippen LogP contribution in [0.3, 0.4) is 0 Å². The van der Waals surface area contributed by atoms with Gasteiger partial charge in [-0.1, -0.05) is 96.8 Å².